The van der Waals surface area contributed by atoms with Crippen LogP contribution in [0.4, 0.5) is 8.78 Å². The molecule has 2 fully saturated rings. The van der Waals surface area contributed by atoms with Gasteiger partial charge in [0, 0.05) is 19.5 Å². The number of carbonyl (C=O) groups excluding carboxylic acids is 1. The van der Waals surface area contributed by atoms with Gasteiger partial charge >= 0.3 is 0 Å². The Kier molecular flexibility index (Phi) is 1.57. The molecule has 0 radical (unpaired) electrons. The van der Waals surface area contributed by atoms with Gasteiger partial charge in [-0.05, 0) is 0 Å². The third-order valence-corrected chi connectivity index (χ3v) is 2.37. The second-order valence-corrected chi connectivity index (χ2v) is 3.34. The predicted octanol–water partition coefficient (Wildman–Crippen LogP) is -0.174. The first-order valence-corrected chi connectivity index (χ1v) is 3.98. The predicted molar refractivity (Wildman–Crippen MR) is 37.9 cm³/mol. The Morgan fingerprint density at radius 3 is 3.00 bits per heavy atom. The van der Waals surface area contributed by atoms with Crippen LogP contribution in [0, 0.1) is 0 Å². The van der Waals surface area contributed by atoms with Gasteiger partial charge in [0.15, 0.2) is 0 Å². The van der Waals surface area contributed by atoms with Crippen LogP contribution in [0.15, 0.2) is 0 Å². The molecule has 2 heterocycles. The van der Waals surface area contributed by atoms with Crippen LogP contribution in [0.25, 0.3) is 0 Å². The number of alkyl halides is 2. The minimum Gasteiger partial charge on any atom is -0.353 e. The molecule has 0 aliphatic carbocycles. The van der Waals surface area contributed by atoms with Crippen molar-refractivity contribution in [2.75, 3.05) is 19.6 Å². The third kappa shape index (κ3) is 1.18. The minimum atomic E-state index is -2.67. The standard InChI is InChI=1S/C7H10F2N2O/c8-7(9)3-5-6(12)10-1-2-11(5)4-7/h5H,1-4H2,(H,10,12)/t5-/m0/s1. The van der Waals surface area contributed by atoms with Gasteiger partial charge in [-0.1, -0.05) is 0 Å². The van der Waals surface area contributed by atoms with Crippen LogP contribution in [0.3, 0.4) is 0 Å². The quantitative estimate of drug-likeness (QED) is 0.555. The maximum atomic E-state index is 12.8. The number of fused-ring (bicyclic) bond motifs is 1. The largest absolute Gasteiger partial charge is 0.353 e. The summed E-state index contributed by atoms with van der Waals surface area (Å²) in [7, 11) is 0. The lowest BCUT2D eigenvalue weighted by atomic mass is 10.1. The van der Waals surface area contributed by atoms with E-state index in [0.717, 1.165) is 0 Å². The van der Waals surface area contributed by atoms with Crippen molar-refractivity contribution in [1.82, 2.24) is 10.2 Å². The number of rotatable bonds is 0. The van der Waals surface area contributed by atoms with Gasteiger partial charge in [0.05, 0.1) is 12.6 Å². The topological polar surface area (TPSA) is 32.3 Å². The Labute approximate surface area is 68.7 Å². The van der Waals surface area contributed by atoms with Crippen molar-refractivity contribution in [2.24, 2.45) is 0 Å². The summed E-state index contributed by atoms with van der Waals surface area (Å²) >= 11 is 0. The molecule has 2 aliphatic rings. The smallest absolute Gasteiger partial charge is 0.262 e. The number of hydrogen-bond acceptors (Lipinski definition) is 2. The zero-order valence-corrected chi connectivity index (χ0v) is 6.52. The molecule has 0 aromatic rings. The van der Waals surface area contributed by atoms with Crippen molar-refractivity contribution in [2.45, 2.75) is 18.4 Å². The zero-order chi connectivity index (χ0) is 8.77. The van der Waals surface area contributed by atoms with E-state index >= 15 is 0 Å². The Morgan fingerprint density at radius 1 is 1.58 bits per heavy atom. The van der Waals surface area contributed by atoms with Crippen molar-refractivity contribution in [3.05, 3.63) is 0 Å². The Bertz CT molecular complexity index is 219. The lowest BCUT2D eigenvalue weighted by Crippen LogP contribution is -2.51. The van der Waals surface area contributed by atoms with Gasteiger partial charge in [0.1, 0.15) is 0 Å². The van der Waals surface area contributed by atoms with Crippen LogP contribution < -0.4 is 5.32 Å². The molecule has 0 spiro atoms. The van der Waals surface area contributed by atoms with E-state index in [0.29, 0.717) is 13.1 Å². The second-order valence-electron chi connectivity index (χ2n) is 3.34. The minimum absolute atomic E-state index is 0.251. The summed E-state index contributed by atoms with van der Waals surface area (Å²) in [5, 5.41) is 2.58. The number of nitrogens with one attached hydrogen (secondary N) is 1. The number of hydrogen-bond donors (Lipinski definition) is 1. The Morgan fingerprint density at radius 2 is 2.33 bits per heavy atom. The summed E-state index contributed by atoms with van der Waals surface area (Å²) in [6.07, 6.45) is -0.321. The summed E-state index contributed by atoms with van der Waals surface area (Å²) in [5.41, 5.74) is 0. The van der Waals surface area contributed by atoms with Crippen molar-refractivity contribution >= 4 is 5.91 Å². The highest BCUT2D eigenvalue weighted by atomic mass is 19.3. The van der Waals surface area contributed by atoms with Crippen LogP contribution in [0.2, 0.25) is 0 Å². The number of piperazine rings is 1. The number of amides is 1. The summed E-state index contributed by atoms with van der Waals surface area (Å²) in [4.78, 5) is 12.6. The molecule has 2 saturated heterocycles. The molecule has 12 heavy (non-hydrogen) atoms. The normalized spacial score (nSPS) is 34.5. The highest BCUT2D eigenvalue weighted by Crippen LogP contribution is 2.32. The first-order valence-electron chi connectivity index (χ1n) is 3.98. The molecule has 0 bridgehead atoms. The van der Waals surface area contributed by atoms with Gasteiger partial charge in [-0.15, -0.1) is 0 Å². The van der Waals surface area contributed by atoms with Crippen molar-refractivity contribution in [1.29, 1.82) is 0 Å². The van der Waals surface area contributed by atoms with E-state index in [9.17, 15) is 13.6 Å². The highest BCUT2D eigenvalue weighted by molar-refractivity contribution is 5.83. The molecular formula is C7H10F2N2O. The summed E-state index contributed by atoms with van der Waals surface area (Å²) in [5.74, 6) is -2.93. The first-order chi connectivity index (χ1) is 5.58. The molecular weight excluding hydrogens is 166 g/mol. The molecule has 2 rings (SSSR count). The number of halogens is 2. The van der Waals surface area contributed by atoms with Crippen LogP contribution in [-0.2, 0) is 4.79 Å². The molecule has 5 heteroatoms. The van der Waals surface area contributed by atoms with E-state index in [1.165, 1.54) is 0 Å². The number of nitrogens with zero attached hydrogens (tertiary/aromatic N) is 1. The van der Waals surface area contributed by atoms with Crippen molar-refractivity contribution in [3.63, 3.8) is 0 Å². The van der Waals surface area contributed by atoms with E-state index in [1.54, 1.807) is 4.90 Å². The molecule has 1 atom stereocenters. The van der Waals surface area contributed by atoms with Gasteiger partial charge in [-0.3, -0.25) is 9.69 Å². The van der Waals surface area contributed by atoms with Gasteiger partial charge in [-0.25, -0.2) is 8.78 Å². The maximum absolute atomic E-state index is 12.8. The molecule has 2 aliphatic heterocycles. The molecule has 1 amide bonds. The van der Waals surface area contributed by atoms with Crippen LogP contribution in [0.1, 0.15) is 6.42 Å². The third-order valence-electron chi connectivity index (χ3n) is 2.37. The van der Waals surface area contributed by atoms with Gasteiger partial charge in [0.25, 0.3) is 5.92 Å². The average molecular weight is 176 g/mol. The van der Waals surface area contributed by atoms with E-state index in [2.05, 4.69) is 5.32 Å². The Balaban J connectivity index is 2.14. The fourth-order valence-corrected chi connectivity index (χ4v) is 1.82. The monoisotopic (exact) mass is 176 g/mol. The second kappa shape index (κ2) is 2.39. The Hall–Kier alpha value is -0.710. The summed E-state index contributed by atoms with van der Waals surface area (Å²) < 4.78 is 25.6. The van der Waals surface area contributed by atoms with Crippen molar-refractivity contribution < 1.29 is 13.6 Å². The fraction of sp³-hybridized carbons (Fsp3) is 0.857. The van der Waals surface area contributed by atoms with Crippen molar-refractivity contribution in [3.8, 4) is 0 Å². The molecule has 0 aromatic heterocycles. The molecule has 0 aromatic carbocycles. The summed E-state index contributed by atoms with van der Waals surface area (Å²) in [6.45, 7) is 0.780. The van der Waals surface area contributed by atoms with E-state index < -0.39 is 12.0 Å². The average Bonchev–Trinajstić information content (AvgIpc) is 2.25. The lowest BCUT2D eigenvalue weighted by Gasteiger charge is -2.27. The van der Waals surface area contributed by atoms with Crippen LogP contribution in [0.5, 0.6) is 0 Å². The van der Waals surface area contributed by atoms with E-state index in [-0.39, 0.29) is 18.9 Å². The fourth-order valence-electron chi connectivity index (χ4n) is 1.82. The van der Waals surface area contributed by atoms with E-state index in [1.807, 2.05) is 0 Å². The zero-order valence-electron chi connectivity index (χ0n) is 6.52. The van der Waals surface area contributed by atoms with Crippen LogP contribution >= 0.6 is 0 Å². The van der Waals surface area contributed by atoms with E-state index in [4.69, 9.17) is 0 Å². The molecule has 1 N–H and O–H groups in total. The molecule has 0 unspecified atom stereocenters. The number of carbonyl (C=O) groups is 1. The highest BCUT2D eigenvalue weighted by Gasteiger charge is 2.48. The van der Waals surface area contributed by atoms with Crippen LogP contribution in [-0.4, -0.2) is 42.4 Å². The molecule has 0 saturated carbocycles. The van der Waals surface area contributed by atoms with Gasteiger partial charge in [-0.2, -0.15) is 0 Å². The molecule has 68 valence electrons. The summed E-state index contributed by atoms with van der Waals surface area (Å²) in [6, 6.07) is -0.589. The maximum Gasteiger partial charge on any atom is 0.262 e. The molecule has 3 nitrogen and oxygen atoms in total. The van der Waals surface area contributed by atoms with Gasteiger partial charge < -0.3 is 5.32 Å². The SMILES string of the molecule is O=C1NCCN2CC(F)(F)C[C@@H]12. The van der Waals surface area contributed by atoms with Gasteiger partial charge in [0.2, 0.25) is 5.91 Å². The lowest BCUT2D eigenvalue weighted by molar-refractivity contribution is -0.127. The first kappa shape index (κ1) is 7.91.